The van der Waals surface area contributed by atoms with Gasteiger partial charge in [0.05, 0.1) is 0 Å². The Hall–Kier alpha value is -1.36. The van der Waals surface area contributed by atoms with E-state index in [0.29, 0.717) is 0 Å². The van der Waals surface area contributed by atoms with E-state index in [1.165, 1.54) is 38.0 Å². The first-order valence-electron chi connectivity index (χ1n) is 8.26. The highest BCUT2D eigenvalue weighted by atomic mass is 15.1. The lowest BCUT2D eigenvalue weighted by atomic mass is 9.97. The molecule has 0 saturated carbocycles. The number of aromatic nitrogens is 2. The van der Waals surface area contributed by atoms with Crippen LogP contribution < -0.4 is 10.6 Å². The highest BCUT2D eigenvalue weighted by molar-refractivity contribution is 5.57. The van der Waals surface area contributed by atoms with Crippen LogP contribution in [0.2, 0.25) is 0 Å². The van der Waals surface area contributed by atoms with E-state index in [1.54, 1.807) is 6.33 Å². The second-order valence-electron chi connectivity index (χ2n) is 5.81. The van der Waals surface area contributed by atoms with Crippen molar-refractivity contribution >= 4 is 11.6 Å². The number of likely N-dealkylation sites (tertiary alicyclic amines) is 1. The molecule has 118 valence electrons. The van der Waals surface area contributed by atoms with Gasteiger partial charge >= 0.3 is 0 Å². The number of nitrogens with zero attached hydrogens (tertiary/aromatic N) is 3. The van der Waals surface area contributed by atoms with E-state index in [4.69, 9.17) is 0 Å². The van der Waals surface area contributed by atoms with Gasteiger partial charge in [-0.1, -0.05) is 20.3 Å². The molecule has 1 aliphatic heterocycles. The van der Waals surface area contributed by atoms with E-state index in [-0.39, 0.29) is 0 Å². The van der Waals surface area contributed by atoms with Crippen molar-refractivity contribution in [3.8, 4) is 0 Å². The molecular weight excluding hydrogens is 262 g/mol. The predicted molar refractivity (Wildman–Crippen MR) is 88.9 cm³/mol. The molecule has 1 saturated heterocycles. The van der Waals surface area contributed by atoms with Crippen molar-refractivity contribution in [2.24, 2.45) is 5.92 Å². The zero-order valence-corrected chi connectivity index (χ0v) is 13.7. The Morgan fingerprint density at radius 3 is 2.52 bits per heavy atom. The van der Waals surface area contributed by atoms with E-state index >= 15 is 0 Å². The van der Waals surface area contributed by atoms with Crippen molar-refractivity contribution in [2.45, 2.75) is 39.5 Å². The number of hydrogen-bond donors (Lipinski definition) is 2. The van der Waals surface area contributed by atoms with E-state index in [9.17, 15) is 0 Å². The van der Waals surface area contributed by atoms with Gasteiger partial charge in [-0.15, -0.1) is 0 Å². The molecule has 2 rings (SSSR count). The summed E-state index contributed by atoms with van der Waals surface area (Å²) in [6.45, 7) is 9.10. The van der Waals surface area contributed by atoms with Gasteiger partial charge in [0.1, 0.15) is 18.0 Å². The summed E-state index contributed by atoms with van der Waals surface area (Å²) in [7, 11) is 1.92. The lowest BCUT2D eigenvalue weighted by molar-refractivity contribution is 0.198. The summed E-state index contributed by atoms with van der Waals surface area (Å²) in [6.07, 6.45) is 6.33. The predicted octanol–water partition coefficient (Wildman–Crippen LogP) is 2.61. The molecule has 0 atom stereocenters. The van der Waals surface area contributed by atoms with Crippen LogP contribution in [0.3, 0.4) is 0 Å². The standard InChI is InChI=1S/C16H29N5/c1-4-6-14-15(17-3)19-12-20-16(14)18-11-13-7-9-21(5-2)10-8-13/h12-13H,4-11H2,1-3H3,(H2,17,18,19,20). The van der Waals surface area contributed by atoms with Gasteiger partial charge in [-0.3, -0.25) is 0 Å². The van der Waals surface area contributed by atoms with Crippen LogP contribution in [0.5, 0.6) is 0 Å². The lowest BCUT2D eigenvalue weighted by Crippen LogP contribution is -2.35. The summed E-state index contributed by atoms with van der Waals surface area (Å²) in [4.78, 5) is 11.3. The molecule has 1 aromatic heterocycles. The third kappa shape index (κ3) is 4.30. The number of anilines is 2. The molecule has 0 unspecified atom stereocenters. The van der Waals surface area contributed by atoms with Crippen molar-refractivity contribution in [2.75, 3.05) is 43.9 Å². The van der Waals surface area contributed by atoms with Crippen molar-refractivity contribution in [1.29, 1.82) is 0 Å². The molecule has 5 heteroatoms. The fourth-order valence-electron chi connectivity index (χ4n) is 3.01. The molecule has 1 aliphatic rings. The van der Waals surface area contributed by atoms with Gasteiger partial charge in [0.15, 0.2) is 0 Å². The molecule has 0 radical (unpaired) electrons. The molecule has 0 aliphatic carbocycles. The van der Waals surface area contributed by atoms with E-state index in [2.05, 4.69) is 39.3 Å². The van der Waals surface area contributed by atoms with Crippen LogP contribution in [0.4, 0.5) is 11.6 Å². The largest absolute Gasteiger partial charge is 0.373 e. The Kier molecular flexibility index (Phi) is 6.23. The fourth-order valence-corrected chi connectivity index (χ4v) is 3.01. The number of hydrogen-bond acceptors (Lipinski definition) is 5. The van der Waals surface area contributed by atoms with Crippen LogP contribution in [0.25, 0.3) is 0 Å². The molecule has 0 spiro atoms. The number of rotatable bonds is 7. The first kappa shape index (κ1) is 16.0. The van der Waals surface area contributed by atoms with Gasteiger partial charge in [-0.05, 0) is 44.8 Å². The van der Waals surface area contributed by atoms with Crippen molar-refractivity contribution in [3.63, 3.8) is 0 Å². The average molecular weight is 291 g/mol. The van der Waals surface area contributed by atoms with Gasteiger partial charge in [-0.2, -0.15) is 0 Å². The van der Waals surface area contributed by atoms with Crippen LogP contribution in [0.15, 0.2) is 6.33 Å². The zero-order valence-electron chi connectivity index (χ0n) is 13.7. The first-order chi connectivity index (χ1) is 10.3. The second-order valence-corrected chi connectivity index (χ2v) is 5.81. The van der Waals surface area contributed by atoms with Gasteiger partial charge in [0.25, 0.3) is 0 Å². The zero-order chi connectivity index (χ0) is 15.1. The van der Waals surface area contributed by atoms with Crippen LogP contribution >= 0.6 is 0 Å². The van der Waals surface area contributed by atoms with Crippen molar-refractivity contribution in [1.82, 2.24) is 14.9 Å². The molecule has 0 bridgehead atoms. The van der Waals surface area contributed by atoms with Gasteiger partial charge < -0.3 is 15.5 Å². The Balaban J connectivity index is 1.93. The molecule has 1 fully saturated rings. The lowest BCUT2D eigenvalue weighted by Gasteiger charge is -2.31. The fraction of sp³-hybridized carbons (Fsp3) is 0.750. The molecule has 0 aromatic carbocycles. The Morgan fingerprint density at radius 2 is 1.90 bits per heavy atom. The Bertz CT molecular complexity index is 427. The molecule has 5 nitrogen and oxygen atoms in total. The summed E-state index contributed by atoms with van der Waals surface area (Å²) in [5.74, 6) is 2.72. The van der Waals surface area contributed by atoms with Crippen molar-refractivity contribution < 1.29 is 0 Å². The summed E-state index contributed by atoms with van der Waals surface area (Å²) in [5.41, 5.74) is 1.22. The summed E-state index contributed by atoms with van der Waals surface area (Å²) in [5, 5.41) is 6.74. The average Bonchev–Trinajstić information content (AvgIpc) is 2.54. The number of nitrogens with one attached hydrogen (secondary N) is 2. The minimum absolute atomic E-state index is 0.760. The maximum atomic E-state index is 4.45. The SMILES string of the molecule is CCCc1c(NC)ncnc1NCC1CCN(CC)CC1. The summed E-state index contributed by atoms with van der Waals surface area (Å²) < 4.78 is 0. The topological polar surface area (TPSA) is 53.1 Å². The second kappa shape index (κ2) is 8.17. The normalized spacial score (nSPS) is 16.9. The monoisotopic (exact) mass is 291 g/mol. The van der Waals surface area contributed by atoms with Gasteiger partial charge in [0, 0.05) is 19.2 Å². The van der Waals surface area contributed by atoms with Gasteiger partial charge in [-0.25, -0.2) is 9.97 Å². The minimum atomic E-state index is 0.760. The van der Waals surface area contributed by atoms with Crippen LogP contribution in [-0.2, 0) is 6.42 Å². The van der Waals surface area contributed by atoms with Crippen LogP contribution in [0.1, 0.15) is 38.7 Å². The Labute approximate surface area is 128 Å². The smallest absolute Gasteiger partial charge is 0.134 e. The third-order valence-corrected chi connectivity index (χ3v) is 4.39. The van der Waals surface area contributed by atoms with E-state index in [0.717, 1.165) is 36.9 Å². The van der Waals surface area contributed by atoms with E-state index in [1.807, 2.05) is 7.05 Å². The molecule has 2 heterocycles. The summed E-state index contributed by atoms with van der Waals surface area (Å²) in [6, 6.07) is 0. The Morgan fingerprint density at radius 1 is 1.19 bits per heavy atom. The number of piperidine rings is 1. The highest BCUT2D eigenvalue weighted by Gasteiger charge is 2.18. The maximum absolute atomic E-state index is 4.45. The van der Waals surface area contributed by atoms with Crippen molar-refractivity contribution in [3.05, 3.63) is 11.9 Å². The molecule has 21 heavy (non-hydrogen) atoms. The van der Waals surface area contributed by atoms with Crippen LogP contribution in [-0.4, -0.2) is 48.1 Å². The maximum Gasteiger partial charge on any atom is 0.134 e. The molecular formula is C16H29N5. The first-order valence-corrected chi connectivity index (χ1v) is 8.26. The minimum Gasteiger partial charge on any atom is -0.373 e. The summed E-state index contributed by atoms with van der Waals surface area (Å²) >= 11 is 0. The van der Waals surface area contributed by atoms with E-state index < -0.39 is 0 Å². The molecule has 2 N–H and O–H groups in total. The highest BCUT2D eigenvalue weighted by Crippen LogP contribution is 2.23. The van der Waals surface area contributed by atoms with Crippen LogP contribution in [0, 0.1) is 5.92 Å². The molecule has 1 aromatic rings. The molecule has 0 amide bonds. The van der Waals surface area contributed by atoms with Gasteiger partial charge in [0.2, 0.25) is 0 Å². The quantitative estimate of drug-likeness (QED) is 0.809. The third-order valence-electron chi connectivity index (χ3n) is 4.39.